The molecule has 1 aromatic heterocycles. The lowest BCUT2D eigenvalue weighted by Gasteiger charge is -2.07. The van der Waals surface area contributed by atoms with Crippen LogP contribution in [-0.2, 0) is 0 Å². The summed E-state index contributed by atoms with van der Waals surface area (Å²) >= 11 is 11.2. The van der Waals surface area contributed by atoms with Crippen LogP contribution >= 0.6 is 23.8 Å². The number of aromatic amines is 1. The van der Waals surface area contributed by atoms with Gasteiger partial charge in [0.05, 0.1) is 23.8 Å². The SMILES string of the molecule is COc1ccc2c(c1)[nH]c(=S)n2-c1cc(Cl)ccc1F. The molecule has 3 aromatic rings. The van der Waals surface area contributed by atoms with Gasteiger partial charge in [-0.3, -0.25) is 4.57 Å². The molecule has 0 fully saturated rings. The zero-order valence-corrected chi connectivity index (χ0v) is 12.1. The first kappa shape index (κ1) is 13.1. The number of fused-ring (bicyclic) bond motifs is 1. The Morgan fingerprint density at radius 1 is 1.25 bits per heavy atom. The molecule has 0 unspecified atom stereocenters. The van der Waals surface area contributed by atoms with Crippen molar-refractivity contribution in [3.63, 3.8) is 0 Å². The van der Waals surface area contributed by atoms with Gasteiger partial charge in [-0.2, -0.15) is 0 Å². The third-order valence-electron chi connectivity index (χ3n) is 3.04. The molecule has 2 aromatic carbocycles. The summed E-state index contributed by atoms with van der Waals surface area (Å²) in [6, 6.07) is 9.79. The largest absolute Gasteiger partial charge is 0.497 e. The summed E-state index contributed by atoms with van der Waals surface area (Å²) in [4.78, 5) is 3.03. The highest BCUT2D eigenvalue weighted by molar-refractivity contribution is 7.71. The standard InChI is InChI=1S/C14H10ClFN2OS/c1-19-9-3-5-12-11(7-9)17-14(20)18(12)13-6-8(15)2-4-10(13)16/h2-7H,1H3,(H,17,20). The van der Waals surface area contributed by atoms with E-state index >= 15 is 0 Å². The van der Waals surface area contributed by atoms with Crippen molar-refractivity contribution in [2.24, 2.45) is 0 Å². The van der Waals surface area contributed by atoms with Crippen molar-refractivity contribution < 1.29 is 9.13 Å². The Bertz CT molecular complexity index is 856. The number of nitrogens with zero attached hydrogens (tertiary/aromatic N) is 1. The zero-order valence-electron chi connectivity index (χ0n) is 10.5. The molecule has 1 heterocycles. The monoisotopic (exact) mass is 308 g/mol. The molecule has 6 heteroatoms. The zero-order chi connectivity index (χ0) is 14.3. The second-order valence-electron chi connectivity index (χ2n) is 4.24. The minimum absolute atomic E-state index is 0.318. The number of imidazole rings is 1. The summed E-state index contributed by atoms with van der Waals surface area (Å²) in [6.45, 7) is 0. The molecule has 102 valence electrons. The van der Waals surface area contributed by atoms with E-state index in [1.807, 2.05) is 12.1 Å². The lowest BCUT2D eigenvalue weighted by Crippen LogP contribution is -1.97. The third-order valence-corrected chi connectivity index (χ3v) is 3.56. The summed E-state index contributed by atoms with van der Waals surface area (Å²) in [6.07, 6.45) is 0. The number of nitrogens with one attached hydrogen (secondary N) is 1. The Morgan fingerprint density at radius 3 is 2.80 bits per heavy atom. The van der Waals surface area contributed by atoms with Crippen LogP contribution in [0.1, 0.15) is 0 Å². The molecule has 20 heavy (non-hydrogen) atoms. The normalized spacial score (nSPS) is 10.9. The average Bonchev–Trinajstić information content (AvgIpc) is 2.76. The molecule has 0 saturated carbocycles. The number of methoxy groups -OCH3 is 1. The second-order valence-corrected chi connectivity index (χ2v) is 5.07. The van der Waals surface area contributed by atoms with E-state index in [9.17, 15) is 4.39 Å². The second kappa shape index (κ2) is 4.92. The minimum Gasteiger partial charge on any atom is -0.497 e. The van der Waals surface area contributed by atoms with E-state index in [4.69, 9.17) is 28.6 Å². The van der Waals surface area contributed by atoms with Gasteiger partial charge in [0.2, 0.25) is 0 Å². The number of aromatic nitrogens is 2. The molecule has 1 N–H and O–H groups in total. The van der Waals surface area contributed by atoms with Crippen molar-refractivity contribution >= 4 is 34.9 Å². The fourth-order valence-corrected chi connectivity index (χ4v) is 2.59. The summed E-state index contributed by atoms with van der Waals surface area (Å²) < 4.78 is 21.2. The van der Waals surface area contributed by atoms with Crippen LogP contribution in [0.25, 0.3) is 16.7 Å². The van der Waals surface area contributed by atoms with Crippen LogP contribution in [0.5, 0.6) is 5.75 Å². The molecule has 0 radical (unpaired) electrons. The van der Waals surface area contributed by atoms with Gasteiger partial charge in [-0.25, -0.2) is 4.39 Å². The smallest absolute Gasteiger partial charge is 0.182 e. The van der Waals surface area contributed by atoms with E-state index in [1.54, 1.807) is 23.8 Å². The first-order valence-electron chi connectivity index (χ1n) is 5.84. The van der Waals surface area contributed by atoms with E-state index in [1.165, 1.54) is 12.1 Å². The van der Waals surface area contributed by atoms with Gasteiger partial charge in [0.1, 0.15) is 11.6 Å². The number of ether oxygens (including phenoxy) is 1. The number of hydrogen-bond donors (Lipinski definition) is 1. The number of H-pyrrole nitrogens is 1. The van der Waals surface area contributed by atoms with Crippen LogP contribution in [0.15, 0.2) is 36.4 Å². The fraction of sp³-hybridized carbons (Fsp3) is 0.0714. The molecule has 0 amide bonds. The molecular weight excluding hydrogens is 299 g/mol. The predicted molar refractivity (Wildman–Crippen MR) is 80.0 cm³/mol. The van der Waals surface area contributed by atoms with Crippen LogP contribution < -0.4 is 4.74 Å². The fourth-order valence-electron chi connectivity index (χ4n) is 2.11. The van der Waals surface area contributed by atoms with Crippen molar-refractivity contribution in [2.45, 2.75) is 0 Å². The Hall–Kier alpha value is -1.85. The summed E-state index contributed by atoms with van der Waals surface area (Å²) in [5.74, 6) is 0.315. The lowest BCUT2D eigenvalue weighted by atomic mass is 10.2. The highest BCUT2D eigenvalue weighted by Gasteiger charge is 2.11. The van der Waals surface area contributed by atoms with Gasteiger partial charge >= 0.3 is 0 Å². The maximum Gasteiger partial charge on any atom is 0.182 e. The first-order valence-corrected chi connectivity index (χ1v) is 6.63. The highest BCUT2D eigenvalue weighted by atomic mass is 35.5. The van der Waals surface area contributed by atoms with E-state index < -0.39 is 0 Å². The molecule has 0 saturated heterocycles. The van der Waals surface area contributed by atoms with Gasteiger partial charge in [0, 0.05) is 11.1 Å². The van der Waals surface area contributed by atoms with Crippen molar-refractivity contribution in [2.75, 3.05) is 7.11 Å². The Labute approximate surface area is 124 Å². The Kier molecular flexibility index (Phi) is 3.23. The van der Waals surface area contributed by atoms with E-state index in [-0.39, 0.29) is 5.82 Å². The molecule has 0 bridgehead atoms. The summed E-state index contributed by atoms with van der Waals surface area (Å²) in [7, 11) is 1.59. The highest BCUT2D eigenvalue weighted by Crippen LogP contribution is 2.26. The molecule has 0 aliphatic carbocycles. The van der Waals surface area contributed by atoms with E-state index in [0.717, 1.165) is 11.0 Å². The quantitative estimate of drug-likeness (QED) is 0.707. The predicted octanol–water partition coefficient (Wildman–Crippen LogP) is 4.49. The van der Waals surface area contributed by atoms with Crippen LogP contribution in [0.2, 0.25) is 5.02 Å². The number of rotatable bonds is 2. The van der Waals surface area contributed by atoms with Gasteiger partial charge < -0.3 is 9.72 Å². The Balaban J connectivity index is 2.33. The molecule has 3 rings (SSSR count). The minimum atomic E-state index is -0.387. The summed E-state index contributed by atoms with van der Waals surface area (Å²) in [5, 5.41) is 0.450. The van der Waals surface area contributed by atoms with Crippen molar-refractivity contribution in [3.05, 3.63) is 52.0 Å². The molecular formula is C14H10ClFN2OS. The van der Waals surface area contributed by atoms with Crippen LogP contribution in [0, 0.1) is 10.6 Å². The maximum absolute atomic E-state index is 14.0. The number of benzene rings is 2. The Morgan fingerprint density at radius 2 is 2.05 bits per heavy atom. The number of halogens is 2. The maximum atomic E-state index is 14.0. The van der Waals surface area contributed by atoms with Gasteiger partial charge in [-0.05, 0) is 42.5 Å². The van der Waals surface area contributed by atoms with Crippen molar-refractivity contribution in [1.29, 1.82) is 0 Å². The van der Waals surface area contributed by atoms with E-state index in [0.29, 0.717) is 21.2 Å². The van der Waals surface area contributed by atoms with Crippen LogP contribution in [0.3, 0.4) is 0 Å². The topological polar surface area (TPSA) is 29.9 Å². The molecule has 0 aliphatic heterocycles. The first-order chi connectivity index (χ1) is 9.60. The molecule has 3 nitrogen and oxygen atoms in total. The third kappa shape index (κ3) is 2.09. The molecule has 0 atom stereocenters. The van der Waals surface area contributed by atoms with Gasteiger partial charge in [-0.15, -0.1) is 0 Å². The van der Waals surface area contributed by atoms with Crippen molar-refractivity contribution in [1.82, 2.24) is 9.55 Å². The van der Waals surface area contributed by atoms with Crippen LogP contribution in [-0.4, -0.2) is 16.7 Å². The summed E-state index contributed by atoms with van der Waals surface area (Å²) in [5.41, 5.74) is 1.85. The van der Waals surface area contributed by atoms with Gasteiger partial charge in [0.25, 0.3) is 0 Å². The lowest BCUT2D eigenvalue weighted by molar-refractivity contribution is 0.415. The molecule has 0 aliphatic rings. The van der Waals surface area contributed by atoms with Crippen molar-refractivity contribution in [3.8, 4) is 11.4 Å². The van der Waals surface area contributed by atoms with E-state index in [2.05, 4.69) is 4.98 Å². The average molecular weight is 309 g/mol. The molecule has 0 spiro atoms. The number of hydrogen-bond acceptors (Lipinski definition) is 2. The van der Waals surface area contributed by atoms with Gasteiger partial charge in [-0.1, -0.05) is 11.6 Å². The van der Waals surface area contributed by atoms with Crippen LogP contribution in [0.4, 0.5) is 4.39 Å². The van der Waals surface area contributed by atoms with Gasteiger partial charge in [0.15, 0.2) is 4.77 Å².